The van der Waals surface area contributed by atoms with Crippen LogP contribution >= 0.6 is 15.9 Å². The Labute approximate surface area is 95.0 Å². The van der Waals surface area contributed by atoms with Crippen LogP contribution in [0.25, 0.3) is 0 Å². The fraction of sp³-hybridized carbons (Fsp3) is 0.909. The molecule has 0 heterocycles. The lowest BCUT2D eigenvalue weighted by Crippen LogP contribution is -2.35. The normalized spacial score (nSPS) is 29.6. The van der Waals surface area contributed by atoms with Crippen LogP contribution in [-0.2, 0) is 4.79 Å². The summed E-state index contributed by atoms with van der Waals surface area (Å²) >= 11 is 3.42. The Morgan fingerprint density at radius 2 is 2.00 bits per heavy atom. The molecule has 1 rings (SSSR count). The molecule has 0 radical (unpaired) electrons. The molecular weight excluding hydrogens is 242 g/mol. The number of amides is 1. The van der Waals surface area contributed by atoms with E-state index in [0.717, 1.165) is 25.3 Å². The largest absolute Gasteiger partial charge is 0.355 e. The van der Waals surface area contributed by atoms with Crippen LogP contribution in [0.1, 0.15) is 39.5 Å². The van der Waals surface area contributed by atoms with Crippen LogP contribution in [0.5, 0.6) is 0 Å². The number of carbonyl (C=O) groups excluding carboxylic acids is 1. The van der Waals surface area contributed by atoms with Crippen molar-refractivity contribution in [2.45, 2.75) is 44.4 Å². The molecule has 0 bridgehead atoms. The van der Waals surface area contributed by atoms with Crippen molar-refractivity contribution in [3.05, 3.63) is 0 Å². The number of hydrogen-bond acceptors (Lipinski definition) is 1. The molecule has 1 aliphatic carbocycles. The Kier molecular flexibility index (Phi) is 4.93. The Hall–Kier alpha value is -0.0500. The molecule has 3 heteroatoms. The van der Waals surface area contributed by atoms with E-state index in [1.165, 1.54) is 12.8 Å². The number of halogens is 1. The second kappa shape index (κ2) is 5.74. The van der Waals surface area contributed by atoms with Crippen molar-refractivity contribution in [2.75, 3.05) is 6.54 Å². The van der Waals surface area contributed by atoms with Gasteiger partial charge in [-0.2, -0.15) is 0 Å². The summed E-state index contributed by atoms with van der Waals surface area (Å²) in [7, 11) is 0. The smallest absolute Gasteiger partial charge is 0.223 e. The molecule has 0 saturated heterocycles. The van der Waals surface area contributed by atoms with Crippen LogP contribution in [0.4, 0.5) is 0 Å². The number of rotatable bonds is 3. The lowest BCUT2D eigenvalue weighted by Gasteiger charge is -2.25. The molecule has 0 aromatic carbocycles. The van der Waals surface area contributed by atoms with Gasteiger partial charge in [0, 0.05) is 17.3 Å². The van der Waals surface area contributed by atoms with Crippen molar-refractivity contribution in [3.63, 3.8) is 0 Å². The number of alkyl halides is 1. The zero-order chi connectivity index (χ0) is 10.6. The van der Waals surface area contributed by atoms with Crippen molar-refractivity contribution >= 4 is 21.8 Å². The zero-order valence-corrected chi connectivity index (χ0v) is 10.6. The maximum atomic E-state index is 11.7. The summed E-state index contributed by atoms with van der Waals surface area (Å²) in [5.74, 6) is 1.34. The van der Waals surface area contributed by atoms with Gasteiger partial charge >= 0.3 is 0 Å². The molecule has 2 nitrogen and oxygen atoms in total. The van der Waals surface area contributed by atoms with Gasteiger partial charge in [0.2, 0.25) is 5.91 Å². The van der Waals surface area contributed by atoms with E-state index in [-0.39, 0.29) is 11.8 Å². The van der Waals surface area contributed by atoms with E-state index < -0.39 is 0 Å². The van der Waals surface area contributed by atoms with Gasteiger partial charge in [0.05, 0.1) is 0 Å². The topological polar surface area (TPSA) is 29.1 Å². The van der Waals surface area contributed by atoms with Gasteiger partial charge < -0.3 is 5.32 Å². The molecule has 1 saturated carbocycles. The maximum absolute atomic E-state index is 11.7. The Bertz CT molecular complexity index is 186. The quantitative estimate of drug-likeness (QED) is 0.778. The van der Waals surface area contributed by atoms with Gasteiger partial charge in [-0.3, -0.25) is 4.79 Å². The van der Waals surface area contributed by atoms with Crippen LogP contribution in [0.2, 0.25) is 0 Å². The SMILES string of the molecule is CC(Br)CNC(=O)C1CCC(C)CC1. The molecule has 14 heavy (non-hydrogen) atoms. The van der Waals surface area contributed by atoms with Gasteiger partial charge in [0.25, 0.3) is 0 Å². The average Bonchev–Trinajstić information content (AvgIpc) is 2.15. The summed E-state index contributed by atoms with van der Waals surface area (Å²) in [6, 6.07) is 0. The molecule has 1 atom stereocenters. The van der Waals surface area contributed by atoms with E-state index in [2.05, 4.69) is 28.2 Å². The van der Waals surface area contributed by atoms with Gasteiger partial charge in [-0.1, -0.05) is 29.8 Å². The van der Waals surface area contributed by atoms with Crippen molar-refractivity contribution in [1.29, 1.82) is 0 Å². The van der Waals surface area contributed by atoms with E-state index in [0.29, 0.717) is 4.83 Å². The van der Waals surface area contributed by atoms with Crippen LogP contribution < -0.4 is 5.32 Å². The summed E-state index contributed by atoms with van der Waals surface area (Å²) in [6.07, 6.45) is 4.57. The first kappa shape index (κ1) is 12.0. The van der Waals surface area contributed by atoms with E-state index in [9.17, 15) is 4.79 Å². The summed E-state index contributed by atoms with van der Waals surface area (Å²) in [5.41, 5.74) is 0. The Morgan fingerprint density at radius 1 is 1.43 bits per heavy atom. The summed E-state index contributed by atoms with van der Waals surface area (Å²) in [4.78, 5) is 12.0. The second-order valence-corrected chi connectivity index (χ2v) is 6.05. The molecule has 1 aliphatic rings. The highest BCUT2D eigenvalue weighted by Crippen LogP contribution is 2.28. The third kappa shape index (κ3) is 3.99. The predicted octanol–water partition coefficient (Wildman–Crippen LogP) is 2.71. The van der Waals surface area contributed by atoms with E-state index in [4.69, 9.17) is 0 Å². The van der Waals surface area contributed by atoms with Crippen molar-refractivity contribution in [1.82, 2.24) is 5.32 Å². The predicted molar refractivity (Wildman–Crippen MR) is 62.5 cm³/mol. The minimum absolute atomic E-state index is 0.253. The van der Waals surface area contributed by atoms with Gasteiger partial charge in [-0.25, -0.2) is 0 Å². The molecule has 0 aromatic rings. The van der Waals surface area contributed by atoms with Crippen LogP contribution in [-0.4, -0.2) is 17.3 Å². The molecule has 1 fully saturated rings. The standard InChI is InChI=1S/C11H20BrNO/c1-8-3-5-10(6-4-8)11(14)13-7-9(2)12/h8-10H,3-7H2,1-2H3,(H,13,14). The highest BCUT2D eigenvalue weighted by atomic mass is 79.9. The fourth-order valence-corrected chi connectivity index (χ4v) is 2.07. The minimum Gasteiger partial charge on any atom is -0.355 e. The molecule has 0 aliphatic heterocycles. The van der Waals surface area contributed by atoms with Gasteiger partial charge in [-0.15, -0.1) is 0 Å². The molecule has 1 N–H and O–H groups in total. The minimum atomic E-state index is 0.253. The van der Waals surface area contributed by atoms with E-state index in [1.54, 1.807) is 0 Å². The number of carbonyl (C=O) groups is 1. The molecular formula is C11H20BrNO. The van der Waals surface area contributed by atoms with Crippen LogP contribution in [0.3, 0.4) is 0 Å². The lowest BCUT2D eigenvalue weighted by atomic mass is 9.82. The van der Waals surface area contributed by atoms with E-state index in [1.807, 2.05) is 6.92 Å². The zero-order valence-electron chi connectivity index (χ0n) is 9.05. The van der Waals surface area contributed by atoms with Crippen molar-refractivity contribution in [3.8, 4) is 0 Å². The number of hydrogen-bond donors (Lipinski definition) is 1. The van der Waals surface area contributed by atoms with Gasteiger partial charge in [0.1, 0.15) is 0 Å². The average molecular weight is 262 g/mol. The molecule has 1 amide bonds. The highest BCUT2D eigenvalue weighted by molar-refractivity contribution is 9.09. The van der Waals surface area contributed by atoms with Gasteiger partial charge in [0.15, 0.2) is 0 Å². The first-order valence-electron chi connectivity index (χ1n) is 5.51. The molecule has 0 aromatic heterocycles. The van der Waals surface area contributed by atoms with E-state index >= 15 is 0 Å². The molecule has 82 valence electrons. The fourth-order valence-electron chi connectivity index (χ4n) is 1.91. The highest BCUT2D eigenvalue weighted by Gasteiger charge is 2.23. The third-order valence-electron chi connectivity index (χ3n) is 2.94. The van der Waals surface area contributed by atoms with Crippen LogP contribution in [0.15, 0.2) is 0 Å². The summed E-state index contributed by atoms with van der Waals surface area (Å²) in [5, 5.41) is 2.98. The first-order valence-corrected chi connectivity index (χ1v) is 6.43. The summed E-state index contributed by atoms with van der Waals surface area (Å²) < 4.78 is 0. The molecule has 1 unspecified atom stereocenters. The number of nitrogens with one attached hydrogen (secondary N) is 1. The maximum Gasteiger partial charge on any atom is 0.223 e. The van der Waals surface area contributed by atoms with Gasteiger partial charge in [-0.05, 0) is 31.6 Å². The van der Waals surface area contributed by atoms with Crippen LogP contribution in [0, 0.1) is 11.8 Å². The first-order chi connectivity index (χ1) is 6.59. The second-order valence-electron chi connectivity index (χ2n) is 4.48. The summed E-state index contributed by atoms with van der Waals surface area (Å²) in [6.45, 7) is 5.06. The Balaban J connectivity index is 2.24. The van der Waals surface area contributed by atoms with Crippen molar-refractivity contribution in [2.24, 2.45) is 11.8 Å². The molecule has 0 spiro atoms. The third-order valence-corrected chi connectivity index (χ3v) is 3.27. The lowest BCUT2D eigenvalue weighted by molar-refractivity contribution is -0.126. The monoisotopic (exact) mass is 261 g/mol. The van der Waals surface area contributed by atoms with Crippen molar-refractivity contribution < 1.29 is 4.79 Å². The Morgan fingerprint density at radius 3 is 2.50 bits per heavy atom.